The maximum atomic E-state index is 12.1. The Morgan fingerprint density at radius 3 is 2.43 bits per heavy atom. The number of aryl methyl sites for hydroxylation is 1. The van der Waals surface area contributed by atoms with E-state index in [0.29, 0.717) is 25.0 Å². The van der Waals surface area contributed by atoms with Crippen molar-refractivity contribution in [1.82, 2.24) is 15.5 Å². The Hall–Kier alpha value is -1.55. The molecule has 1 atom stereocenters. The van der Waals surface area contributed by atoms with Gasteiger partial charge < -0.3 is 10.6 Å². The van der Waals surface area contributed by atoms with Crippen LogP contribution in [-0.2, 0) is 6.54 Å². The third kappa shape index (κ3) is 7.51. The summed E-state index contributed by atoms with van der Waals surface area (Å²) in [6, 6.07) is 8.51. The van der Waals surface area contributed by atoms with Crippen molar-refractivity contribution < 1.29 is 4.79 Å². The van der Waals surface area contributed by atoms with E-state index in [1.807, 2.05) is 12.1 Å². The molecule has 1 rings (SSSR count). The van der Waals surface area contributed by atoms with Gasteiger partial charge >= 0.3 is 6.03 Å². The molecule has 0 aliphatic rings. The molecule has 2 N–H and O–H groups in total. The van der Waals surface area contributed by atoms with E-state index in [-0.39, 0.29) is 6.03 Å². The average Bonchev–Trinajstić information content (AvgIpc) is 2.51. The molecule has 0 saturated heterocycles. The van der Waals surface area contributed by atoms with Crippen molar-refractivity contribution in [2.24, 2.45) is 5.92 Å². The van der Waals surface area contributed by atoms with E-state index in [1.54, 1.807) is 0 Å². The molecular formula is C19H33N3O. The van der Waals surface area contributed by atoms with Crippen LogP contribution in [0.2, 0.25) is 0 Å². The Morgan fingerprint density at radius 2 is 1.87 bits per heavy atom. The predicted molar refractivity (Wildman–Crippen MR) is 97.6 cm³/mol. The fourth-order valence-electron chi connectivity index (χ4n) is 2.92. The topological polar surface area (TPSA) is 44.4 Å². The van der Waals surface area contributed by atoms with Gasteiger partial charge in [-0.25, -0.2) is 4.79 Å². The van der Waals surface area contributed by atoms with Crippen LogP contribution in [0.5, 0.6) is 0 Å². The third-order valence-electron chi connectivity index (χ3n) is 4.11. The van der Waals surface area contributed by atoms with Crippen LogP contribution < -0.4 is 10.6 Å². The normalized spacial score (nSPS) is 12.5. The number of nitrogens with zero attached hydrogens (tertiary/aromatic N) is 1. The first-order chi connectivity index (χ1) is 11.0. The van der Waals surface area contributed by atoms with E-state index in [0.717, 1.165) is 25.1 Å². The minimum atomic E-state index is -0.0904. The van der Waals surface area contributed by atoms with Crippen molar-refractivity contribution in [2.45, 2.75) is 53.6 Å². The largest absolute Gasteiger partial charge is 0.337 e. The Labute approximate surface area is 141 Å². The Bertz CT molecular complexity index is 469. The van der Waals surface area contributed by atoms with Crippen molar-refractivity contribution in [3.05, 3.63) is 35.4 Å². The molecule has 0 aromatic heterocycles. The van der Waals surface area contributed by atoms with Gasteiger partial charge in [0.15, 0.2) is 0 Å². The summed E-state index contributed by atoms with van der Waals surface area (Å²) in [6.07, 6.45) is 1.10. The summed E-state index contributed by atoms with van der Waals surface area (Å²) in [5.74, 6) is 0.623. The zero-order chi connectivity index (χ0) is 17.2. The molecule has 0 saturated carbocycles. The maximum Gasteiger partial charge on any atom is 0.315 e. The molecule has 0 bridgehead atoms. The first-order valence-electron chi connectivity index (χ1n) is 8.77. The molecule has 0 fully saturated rings. The second kappa shape index (κ2) is 10.3. The minimum Gasteiger partial charge on any atom is -0.337 e. The molecule has 0 radical (unpaired) electrons. The highest BCUT2D eigenvalue weighted by Crippen LogP contribution is 2.11. The van der Waals surface area contributed by atoms with Crippen molar-refractivity contribution in [2.75, 3.05) is 19.6 Å². The van der Waals surface area contributed by atoms with Gasteiger partial charge in [-0.3, -0.25) is 4.90 Å². The van der Waals surface area contributed by atoms with Crippen LogP contribution in [0.15, 0.2) is 24.3 Å². The van der Waals surface area contributed by atoms with Gasteiger partial charge in [-0.1, -0.05) is 57.5 Å². The lowest BCUT2D eigenvalue weighted by molar-refractivity contribution is 0.184. The molecule has 130 valence electrons. The second-order valence-electron chi connectivity index (χ2n) is 6.56. The number of hydrogen-bond acceptors (Lipinski definition) is 2. The number of hydrogen-bond donors (Lipinski definition) is 2. The van der Waals surface area contributed by atoms with Gasteiger partial charge in [0.25, 0.3) is 0 Å². The lowest BCUT2D eigenvalue weighted by Crippen LogP contribution is -2.46. The summed E-state index contributed by atoms with van der Waals surface area (Å²) >= 11 is 0. The molecule has 4 heteroatoms. The fraction of sp³-hybridized carbons (Fsp3) is 0.632. The standard InChI is InChI=1S/C19H33N3O/c1-6-22(7-2)18(11-15(3)4)14-21-19(23)20-13-17-10-8-9-16(5)12-17/h8-10,12,15,18H,6-7,11,13-14H2,1-5H3,(H2,20,21,23). The van der Waals surface area contributed by atoms with E-state index >= 15 is 0 Å². The molecule has 0 aliphatic carbocycles. The quantitative estimate of drug-likeness (QED) is 0.731. The summed E-state index contributed by atoms with van der Waals surface area (Å²) in [4.78, 5) is 14.5. The van der Waals surface area contributed by atoms with E-state index < -0.39 is 0 Å². The minimum absolute atomic E-state index is 0.0904. The average molecular weight is 319 g/mol. The van der Waals surface area contributed by atoms with Crippen molar-refractivity contribution >= 4 is 6.03 Å². The van der Waals surface area contributed by atoms with Gasteiger partial charge in [-0.2, -0.15) is 0 Å². The first kappa shape index (κ1) is 19.5. The molecule has 1 aromatic carbocycles. The molecule has 23 heavy (non-hydrogen) atoms. The molecule has 0 heterocycles. The number of benzene rings is 1. The van der Waals surface area contributed by atoms with Crippen LogP contribution in [0, 0.1) is 12.8 Å². The van der Waals surface area contributed by atoms with Gasteiger partial charge in [0.2, 0.25) is 0 Å². The molecule has 4 nitrogen and oxygen atoms in total. The number of nitrogens with one attached hydrogen (secondary N) is 2. The number of carbonyl (C=O) groups excluding carboxylic acids is 1. The highest BCUT2D eigenvalue weighted by Gasteiger charge is 2.17. The van der Waals surface area contributed by atoms with Crippen LogP contribution in [0.4, 0.5) is 4.79 Å². The van der Waals surface area contributed by atoms with Crippen LogP contribution >= 0.6 is 0 Å². The highest BCUT2D eigenvalue weighted by molar-refractivity contribution is 5.73. The van der Waals surface area contributed by atoms with Crippen LogP contribution in [0.25, 0.3) is 0 Å². The van der Waals surface area contributed by atoms with Gasteiger partial charge in [0.05, 0.1) is 0 Å². The van der Waals surface area contributed by atoms with Crippen molar-refractivity contribution in [3.8, 4) is 0 Å². The molecule has 0 aliphatic heterocycles. The summed E-state index contributed by atoms with van der Waals surface area (Å²) in [6.45, 7) is 14.2. The van der Waals surface area contributed by atoms with Gasteiger partial charge in [0, 0.05) is 19.1 Å². The van der Waals surface area contributed by atoms with Gasteiger partial charge in [-0.05, 0) is 37.9 Å². The van der Waals surface area contributed by atoms with E-state index in [2.05, 4.69) is 62.3 Å². The molecular weight excluding hydrogens is 286 g/mol. The van der Waals surface area contributed by atoms with Crippen LogP contribution in [0.3, 0.4) is 0 Å². The van der Waals surface area contributed by atoms with E-state index in [1.165, 1.54) is 5.56 Å². The smallest absolute Gasteiger partial charge is 0.315 e. The summed E-state index contributed by atoms with van der Waals surface area (Å²) in [5.41, 5.74) is 2.34. The lowest BCUT2D eigenvalue weighted by Gasteiger charge is -2.31. The number of urea groups is 1. The van der Waals surface area contributed by atoms with Crippen molar-refractivity contribution in [1.29, 1.82) is 0 Å². The molecule has 1 aromatic rings. The molecule has 1 unspecified atom stereocenters. The second-order valence-corrected chi connectivity index (χ2v) is 6.56. The number of rotatable bonds is 9. The number of likely N-dealkylation sites (N-methyl/N-ethyl adjacent to an activating group) is 1. The van der Waals surface area contributed by atoms with E-state index in [9.17, 15) is 4.79 Å². The van der Waals surface area contributed by atoms with Crippen LogP contribution in [0.1, 0.15) is 45.2 Å². The number of carbonyl (C=O) groups is 1. The third-order valence-corrected chi connectivity index (χ3v) is 4.11. The molecule has 0 spiro atoms. The SMILES string of the molecule is CCN(CC)C(CNC(=O)NCc1cccc(C)c1)CC(C)C. The van der Waals surface area contributed by atoms with Crippen LogP contribution in [-0.4, -0.2) is 36.6 Å². The Balaban J connectivity index is 2.44. The van der Waals surface area contributed by atoms with Crippen molar-refractivity contribution in [3.63, 3.8) is 0 Å². The zero-order valence-corrected chi connectivity index (χ0v) is 15.4. The maximum absolute atomic E-state index is 12.1. The van der Waals surface area contributed by atoms with Gasteiger partial charge in [0.1, 0.15) is 0 Å². The number of amides is 2. The van der Waals surface area contributed by atoms with E-state index in [4.69, 9.17) is 0 Å². The first-order valence-corrected chi connectivity index (χ1v) is 8.77. The zero-order valence-electron chi connectivity index (χ0n) is 15.4. The summed E-state index contributed by atoms with van der Waals surface area (Å²) in [5, 5.41) is 5.97. The van der Waals surface area contributed by atoms with Gasteiger partial charge in [-0.15, -0.1) is 0 Å². The Morgan fingerprint density at radius 1 is 1.17 bits per heavy atom. The monoisotopic (exact) mass is 319 g/mol. The fourth-order valence-corrected chi connectivity index (χ4v) is 2.92. The predicted octanol–water partition coefficient (Wildman–Crippen LogP) is 3.55. The Kier molecular flexibility index (Phi) is 8.70. The summed E-state index contributed by atoms with van der Waals surface area (Å²) < 4.78 is 0. The summed E-state index contributed by atoms with van der Waals surface area (Å²) in [7, 11) is 0. The highest BCUT2D eigenvalue weighted by atomic mass is 16.2. The molecule has 2 amide bonds. The lowest BCUT2D eigenvalue weighted by atomic mass is 10.0.